The van der Waals surface area contributed by atoms with Crippen LogP contribution in [-0.4, -0.2) is 79.9 Å². The highest BCUT2D eigenvalue weighted by Crippen LogP contribution is 2.16. The summed E-state index contributed by atoms with van der Waals surface area (Å²) >= 11 is 0. The van der Waals surface area contributed by atoms with Crippen molar-refractivity contribution >= 4 is 41.8 Å². The predicted octanol–water partition coefficient (Wildman–Crippen LogP) is 1.81. The van der Waals surface area contributed by atoms with Crippen LogP contribution in [-0.2, 0) is 11.3 Å². The van der Waals surface area contributed by atoms with E-state index in [4.69, 9.17) is 0 Å². The molecule has 1 aromatic rings. The largest absolute Gasteiger partial charge is 0.356 e. The van der Waals surface area contributed by atoms with Gasteiger partial charge < -0.3 is 25.8 Å². The van der Waals surface area contributed by atoms with E-state index in [9.17, 15) is 9.59 Å². The van der Waals surface area contributed by atoms with Crippen molar-refractivity contribution in [1.29, 1.82) is 0 Å². The molecule has 32 heavy (non-hydrogen) atoms. The van der Waals surface area contributed by atoms with Gasteiger partial charge in [0.05, 0.1) is 6.54 Å². The molecule has 1 unspecified atom stereocenters. The Morgan fingerprint density at radius 1 is 1.19 bits per heavy atom. The average molecular weight is 556 g/mol. The smallest absolute Gasteiger partial charge is 0.254 e. The molecule has 2 heterocycles. The maximum atomic E-state index is 12.5. The Hall–Kier alpha value is -1.88. The van der Waals surface area contributed by atoms with Crippen molar-refractivity contribution in [2.45, 2.75) is 45.2 Å². The van der Waals surface area contributed by atoms with Crippen LogP contribution in [0.4, 0.5) is 0 Å². The van der Waals surface area contributed by atoms with Crippen LogP contribution >= 0.6 is 24.0 Å². The maximum Gasteiger partial charge on any atom is 0.254 e. The summed E-state index contributed by atoms with van der Waals surface area (Å²) in [7, 11) is 1.78. The molecule has 2 saturated heterocycles. The highest BCUT2D eigenvalue weighted by molar-refractivity contribution is 14.0. The lowest BCUT2D eigenvalue weighted by atomic mass is 10.0. The molecule has 1 aromatic carbocycles. The zero-order chi connectivity index (χ0) is 22.1. The predicted molar refractivity (Wildman–Crippen MR) is 138 cm³/mol. The normalized spacial score (nSPS) is 19.7. The quantitative estimate of drug-likeness (QED) is 0.207. The number of rotatable bonds is 7. The minimum Gasteiger partial charge on any atom is -0.356 e. The van der Waals surface area contributed by atoms with Crippen LogP contribution in [0.15, 0.2) is 29.3 Å². The number of likely N-dealkylation sites (tertiary alicyclic amines) is 1. The molecule has 1 atom stereocenters. The second kappa shape index (κ2) is 13.6. The minimum absolute atomic E-state index is 0. The van der Waals surface area contributed by atoms with Gasteiger partial charge in [0.2, 0.25) is 5.91 Å². The van der Waals surface area contributed by atoms with Gasteiger partial charge in [0.1, 0.15) is 0 Å². The van der Waals surface area contributed by atoms with Gasteiger partial charge in [0.25, 0.3) is 5.91 Å². The molecule has 0 aromatic heterocycles. The third kappa shape index (κ3) is 7.91. The summed E-state index contributed by atoms with van der Waals surface area (Å²) in [5.74, 6) is 0.575. The zero-order valence-corrected chi connectivity index (χ0v) is 21.6. The van der Waals surface area contributed by atoms with Crippen molar-refractivity contribution in [3.8, 4) is 0 Å². The first-order valence-electron chi connectivity index (χ1n) is 11.4. The molecule has 8 nitrogen and oxygen atoms in total. The van der Waals surface area contributed by atoms with Gasteiger partial charge in [0.15, 0.2) is 5.96 Å². The van der Waals surface area contributed by atoms with Gasteiger partial charge in [-0.3, -0.25) is 14.6 Å². The number of nitrogens with zero attached hydrogens (tertiary/aromatic N) is 3. The van der Waals surface area contributed by atoms with Gasteiger partial charge in [-0.15, -0.1) is 24.0 Å². The van der Waals surface area contributed by atoms with E-state index in [1.54, 1.807) is 11.9 Å². The molecule has 0 bridgehead atoms. The van der Waals surface area contributed by atoms with Crippen LogP contribution in [0.2, 0.25) is 0 Å². The SMILES string of the molecule is CN=C(NCCCN1CCCCC1C)NCc1ccc(C(=O)N2CCNC(=O)C2)cc1.I. The summed E-state index contributed by atoms with van der Waals surface area (Å²) in [6.45, 7) is 7.37. The molecule has 9 heteroatoms. The van der Waals surface area contributed by atoms with Gasteiger partial charge in [-0.05, 0) is 50.4 Å². The highest BCUT2D eigenvalue weighted by atomic mass is 127. The molecule has 2 aliphatic heterocycles. The molecule has 0 aliphatic carbocycles. The molecule has 3 rings (SSSR count). The van der Waals surface area contributed by atoms with Gasteiger partial charge in [-0.1, -0.05) is 18.6 Å². The molecule has 2 fully saturated rings. The third-order valence-electron chi connectivity index (χ3n) is 6.07. The molecule has 0 spiro atoms. The van der Waals surface area contributed by atoms with E-state index in [-0.39, 0.29) is 42.3 Å². The Morgan fingerprint density at radius 2 is 1.97 bits per heavy atom. The van der Waals surface area contributed by atoms with E-state index >= 15 is 0 Å². The fourth-order valence-electron chi connectivity index (χ4n) is 4.14. The number of carbonyl (C=O) groups excluding carboxylic acids is 2. The zero-order valence-electron chi connectivity index (χ0n) is 19.2. The first kappa shape index (κ1) is 26.4. The van der Waals surface area contributed by atoms with Gasteiger partial charge in [0, 0.05) is 51.4 Å². The lowest BCUT2D eigenvalue weighted by Gasteiger charge is -2.33. The Balaban J connectivity index is 0.00000363. The van der Waals surface area contributed by atoms with E-state index in [1.165, 1.54) is 25.8 Å². The number of guanidine groups is 1. The number of hydrogen-bond acceptors (Lipinski definition) is 4. The Bertz CT molecular complexity index is 770. The second-order valence-electron chi connectivity index (χ2n) is 8.36. The standard InChI is InChI=1S/C23H36N6O2.HI/c1-18-6-3-4-13-28(18)14-5-11-26-23(24-2)27-16-19-7-9-20(10-8-19)22(31)29-15-12-25-21(30)17-29;/h7-10,18H,3-6,11-17H2,1-2H3,(H,25,30)(H2,24,26,27);1H. The molecule has 2 aliphatic rings. The Kier molecular flexibility index (Phi) is 11.2. The van der Waals surface area contributed by atoms with Gasteiger partial charge in [-0.25, -0.2) is 0 Å². The molecular formula is C23H37IN6O2. The van der Waals surface area contributed by atoms with Gasteiger partial charge >= 0.3 is 0 Å². The first-order chi connectivity index (χ1) is 15.1. The maximum absolute atomic E-state index is 12.5. The third-order valence-corrected chi connectivity index (χ3v) is 6.07. The lowest BCUT2D eigenvalue weighted by molar-refractivity contribution is -0.123. The van der Waals surface area contributed by atoms with Crippen LogP contribution in [0.5, 0.6) is 0 Å². The molecule has 178 valence electrons. The van der Waals surface area contributed by atoms with Crippen molar-refractivity contribution in [1.82, 2.24) is 25.8 Å². The topological polar surface area (TPSA) is 89.1 Å². The second-order valence-corrected chi connectivity index (χ2v) is 8.36. The molecule has 0 saturated carbocycles. The van der Waals surface area contributed by atoms with E-state index in [0.29, 0.717) is 31.2 Å². The van der Waals surface area contributed by atoms with Crippen molar-refractivity contribution in [2.24, 2.45) is 4.99 Å². The van der Waals surface area contributed by atoms with Crippen LogP contribution in [0, 0.1) is 0 Å². The van der Waals surface area contributed by atoms with Crippen molar-refractivity contribution in [2.75, 3.05) is 46.3 Å². The monoisotopic (exact) mass is 556 g/mol. The number of piperazine rings is 1. The summed E-state index contributed by atoms with van der Waals surface area (Å²) in [6, 6.07) is 8.22. The average Bonchev–Trinajstić information content (AvgIpc) is 2.79. The van der Waals surface area contributed by atoms with Gasteiger partial charge in [-0.2, -0.15) is 0 Å². The summed E-state index contributed by atoms with van der Waals surface area (Å²) in [6.07, 6.45) is 5.08. The van der Waals surface area contributed by atoms with Crippen molar-refractivity contribution < 1.29 is 9.59 Å². The number of benzene rings is 1. The first-order valence-corrected chi connectivity index (χ1v) is 11.4. The lowest BCUT2D eigenvalue weighted by Crippen LogP contribution is -2.49. The van der Waals surface area contributed by atoms with Crippen LogP contribution < -0.4 is 16.0 Å². The highest BCUT2D eigenvalue weighted by Gasteiger charge is 2.22. The van der Waals surface area contributed by atoms with E-state index in [1.807, 2.05) is 24.3 Å². The van der Waals surface area contributed by atoms with Crippen LogP contribution in [0.1, 0.15) is 48.5 Å². The molecular weight excluding hydrogens is 519 g/mol. The van der Waals surface area contributed by atoms with Crippen molar-refractivity contribution in [3.05, 3.63) is 35.4 Å². The summed E-state index contributed by atoms with van der Waals surface area (Å²) in [4.78, 5) is 32.5. The van der Waals surface area contributed by atoms with Crippen molar-refractivity contribution in [3.63, 3.8) is 0 Å². The number of amides is 2. The number of piperidine rings is 1. The Morgan fingerprint density at radius 3 is 2.66 bits per heavy atom. The fourth-order valence-corrected chi connectivity index (χ4v) is 4.14. The number of halogens is 1. The van der Waals surface area contributed by atoms with Crippen LogP contribution in [0.3, 0.4) is 0 Å². The molecule has 2 amide bonds. The fraction of sp³-hybridized carbons (Fsp3) is 0.609. The van der Waals surface area contributed by atoms with E-state index in [2.05, 4.69) is 32.8 Å². The Labute approximate surface area is 208 Å². The number of aliphatic imine (C=N–C) groups is 1. The molecule has 0 radical (unpaired) electrons. The number of carbonyl (C=O) groups is 2. The van der Waals surface area contributed by atoms with E-state index < -0.39 is 0 Å². The summed E-state index contributed by atoms with van der Waals surface area (Å²) in [5, 5.41) is 9.45. The number of hydrogen-bond donors (Lipinski definition) is 3. The summed E-state index contributed by atoms with van der Waals surface area (Å²) in [5.41, 5.74) is 1.67. The molecule has 3 N–H and O–H groups in total. The minimum atomic E-state index is -0.107. The van der Waals surface area contributed by atoms with E-state index in [0.717, 1.165) is 31.0 Å². The summed E-state index contributed by atoms with van der Waals surface area (Å²) < 4.78 is 0. The van der Waals surface area contributed by atoms with Crippen LogP contribution in [0.25, 0.3) is 0 Å². The number of nitrogens with one attached hydrogen (secondary N) is 3.